The molecule has 0 spiro atoms. The van der Waals surface area contributed by atoms with E-state index in [2.05, 4.69) is 42.8 Å². The minimum atomic E-state index is -2.79. The first-order valence-electron chi connectivity index (χ1n) is 11.6. The van der Waals surface area contributed by atoms with Gasteiger partial charge in [0.2, 0.25) is 5.91 Å². The molecule has 2 amide bonds. The number of halogens is 2. The highest BCUT2D eigenvalue weighted by molar-refractivity contribution is 7.04. The van der Waals surface area contributed by atoms with E-state index in [0.29, 0.717) is 12.8 Å². The zero-order valence-corrected chi connectivity index (χ0v) is 21.2. The largest absolute Gasteiger partial charge is 0.330 e. The van der Waals surface area contributed by atoms with E-state index in [1.807, 2.05) is 20.8 Å². The molecule has 2 atom stereocenters. The van der Waals surface area contributed by atoms with Crippen LogP contribution in [-0.2, 0) is 21.5 Å². The maximum atomic E-state index is 13.5. The Balaban J connectivity index is 1.89. The number of hydrogen-bond donors (Lipinski definition) is 0. The van der Waals surface area contributed by atoms with Crippen molar-refractivity contribution in [2.45, 2.75) is 92.0 Å². The van der Waals surface area contributed by atoms with Gasteiger partial charge in [0.1, 0.15) is 4.67 Å². The molecule has 1 aliphatic heterocycles. The molecule has 0 bridgehead atoms. The number of alkyl halides is 2. The highest BCUT2D eigenvalue weighted by atomic mass is 32.1. The van der Waals surface area contributed by atoms with Gasteiger partial charge in [0.25, 0.3) is 11.8 Å². The molecule has 5 nitrogen and oxygen atoms in total. The molecule has 8 heteroatoms. The van der Waals surface area contributed by atoms with Crippen molar-refractivity contribution < 1.29 is 18.4 Å². The normalized spacial score (nSPS) is 27.5. The van der Waals surface area contributed by atoms with Crippen LogP contribution in [0.4, 0.5) is 8.78 Å². The van der Waals surface area contributed by atoms with Crippen LogP contribution in [0.2, 0.25) is 0 Å². The third kappa shape index (κ3) is 4.44. The standard InChI is InChI=1S/C24H37F2N3O2S/c1-8-9-10-16-13-29(21(2,3)4)32-18(16)27-20(31)23(7)12-11-17(22(23,5)6)19(30)28-14-24(25,26)15-28/h13,17H,8-12,14-15H2,1-7H3. The van der Waals surface area contributed by atoms with Gasteiger partial charge >= 0.3 is 0 Å². The summed E-state index contributed by atoms with van der Waals surface area (Å²) in [6.07, 6.45) is 6.09. The molecule has 1 saturated heterocycles. The van der Waals surface area contributed by atoms with Crippen LogP contribution in [0.25, 0.3) is 0 Å². The van der Waals surface area contributed by atoms with Crippen molar-refractivity contribution in [1.82, 2.24) is 8.86 Å². The van der Waals surface area contributed by atoms with Crippen molar-refractivity contribution in [2.24, 2.45) is 21.7 Å². The fraction of sp³-hybridized carbons (Fsp3) is 0.792. The van der Waals surface area contributed by atoms with Crippen molar-refractivity contribution >= 4 is 23.3 Å². The Hall–Kier alpha value is -1.57. The van der Waals surface area contributed by atoms with Gasteiger partial charge in [-0.25, -0.2) is 13.8 Å². The van der Waals surface area contributed by atoms with E-state index in [1.165, 1.54) is 16.4 Å². The minimum Gasteiger partial charge on any atom is -0.330 e. The second-order valence-corrected chi connectivity index (χ2v) is 12.2. The summed E-state index contributed by atoms with van der Waals surface area (Å²) in [4.78, 5) is 32.3. The molecule has 1 aliphatic carbocycles. The Labute approximate surface area is 194 Å². The smallest absolute Gasteiger partial charge is 0.282 e. The summed E-state index contributed by atoms with van der Waals surface area (Å²) in [6.45, 7) is 13.2. The number of likely N-dealkylation sites (tertiary alicyclic amines) is 1. The molecule has 2 fully saturated rings. The average molecular weight is 470 g/mol. The lowest BCUT2D eigenvalue weighted by Crippen LogP contribution is -2.61. The summed E-state index contributed by atoms with van der Waals surface area (Å²) in [6, 6.07) is 0. The molecule has 3 rings (SSSR count). The van der Waals surface area contributed by atoms with E-state index in [-0.39, 0.29) is 17.4 Å². The summed E-state index contributed by atoms with van der Waals surface area (Å²) in [5, 5.41) is 0. The Morgan fingerprint density at radius 1 is 1.22 bits per heavy atom. The Morgan fingerprint density at radius 3 is 2.38 bits per heavy atom. The fourth-order valence-electron chi connectivity index (χ4n) is 4.76. The summed E-state index contributed by atoms with van der Waals surface area (Å²) in [5.41, 5.74) is -0.513. The monoisotopic (exact) mass is 469 g/mol. The lowest BCUT2D eigenvalue weighted by Gasteiger charge is -2.44. The topological polar surface area (TPSA) is 54.7 Å². The predicted molar refractivity (Wildman–Crippen MR) is 123 cm³/mol. The zero-order chi connectivity index (χ0) is 24.1. The number of rotatable bonds is 5. The lowest BCUT2D eigenvalue weighted by atomic mass is 9.65. The Kier molecular flexibility index (Phi) is 6.53. The van der Waals surface area contributed by atoms with Gasteiger partial charge in [0, 0.05) is 23.2 Å². The number of unbranched alkanes of at least 4 members (excludes halogenated alkanes) is 1. The molecule has 180 valence electrons. The summed E-state index contributed by atoms with van der Waals surface area (Å²) >= 11 is 1.50. The number of hydrogen-bond acceptors (Lipinski definition) is 3. The predicted octanol–water partition coefficient (Wildman–Crippen LogP) is 4.99. The number of carbonyl (C=O) groups is 2. The second-order valence-electron chi connectivity index (χ2n) is 11.3. The van der Waals surface area contributed by atoms with Gasteiger partial charge < -0.3 is 4.90 Å². The Morgan fingerprint density at radius 2 is 1.84 bits per heavy atom. The minimum absolute atomic E-state index is 0.101. The van der Waals surface area contributed by atoms with Crippen LogP contribution in [0, 0.1) is 16.7 Å². The highest BCUT2D eigenvalue weighted by Gasteiger charge is 2.60. The van der Waals surface area contributed by atoms with E-state index >= 15 is 0 Å². The van der Waals surface area contributed by atoms with Gasteiger partial charge in [-0.15, -0.1) is 0 Å². The van der Waals surface area contributed by atoms with Crippen molar-refractivity contribution in [3.63, 3.8) is 0 Å². The zero-order valence-electron chi connectivity index (χ0n) is 20.4. The first-order chi connectivity index (χ1) is 14.6. The number of amides is 2. The first kappa shape index (κ1) is 25.1. The maximum absolute atomic E-state index is 13.5. The van der Waals surface area contributed by atoms with Crippen LogP contribution in [-0.4, -0.2) is 39.7 Å². The molecule has 0 aromatic carbocycles. The second kappa shape index (κ2) is 8.33. The van der Waals surface area contributed by atoms with Gasteiger partial charge in [-0.05, 0) is 63.4 Å². The van der Waals surface area contributed by atoms with Crippen LogP contribution in [0.5, 0.6) is 0 Å². The van der Waals surface area contributed by atoms with Gasteiger partial charge in [-0.3, -0.25) is 13.5 Å². The highest BCUT2D eigenvalue weighted by Crippen LogP contribution is 2.57. The van der Waals surface area contributed by atoms with Gasteiger partial charge in [0.15, 0.2) is 0 Å². The van der Waals surface area contributed by atoms with Crippen LogP contribution < -0.4 is 4.67 Å². The van der Waals surface area contributed by atoms with Crippen molar-refractivity contribution in [3.8, 4) is 0 Å². The molecule has 2 heterocycles. The average Bonchev–Trinajstić information content (AvgIpc) is 3.16. The van der Waals surface area contributed by atoms with Crippen LogP contribution in [0.15, 0.2) is 11.2 Å². The van der Waals surface area contributed by atoms with E-state index < -0.39 is 35.8 Å². The van der Waals surface area contributed by atoms with Crippen molar-refractivity contribution in [3.05, 3.63) is 16.4 Å². The molecule has 32 heavy (non-hydrogen) atoms. The third-order valence-electron chi connectivity index (χ3n) is 7.55. The molecular weight excluding hydrogens is 432 g/mol. The van der Waals surface area contributed by atoms with E-state index in [4.69, 9.17) is 0 Å². The number of carbonyl (C=O) groups excluding carboxylic acids is 2. The van der Waals surface area contributed by atoms with E-state index in [9.17, 15) is 18.4 Å². The third-order valence-corrected chi connectivity index (χ3v) is 8.93. The van der Waals surface area contributed by atoms with E-state index in [0.717, 1.165) is 29.5 Å². The summed E-state index contributed by atoms with van der Waals surface area (Å²) < 4.78 is 29.5. The van der Waals surface area contributed by atoms with Crippen LogP contribution in [0.1, 0.15) is 79.7 Å². The number of aromatic nitrogens is 1. The summed E-state index contributed by atoms with van der Waals surface area (Å²) in [7, 11) is 0. The van der Waals surface area contributed by atoms with Crippen LogP contribution in [0.3, 0.4) is 0 Å². The molecule has 0 radical (unpaired) electrons. The van der Waals surface area contributed by atoms with Gasteiger partial charge in [-0.2, -0.15) is 0 Å². The summed E-state index contributed by atoms with van der Waals surface area (Å²) in [5.74, 6) is -3.72. The molecular formula is C24H37F2N3O2S. The molecule has 1 aromatic heterocycles. The van der Waals surface area contributed by atoms with E-state index in [1.54, 1.807) is 0 Å². The van der Waals surface area contributed by atoms with Gasteiger partial charge in [0.05, 0.1) is 18.5 Å². The Bertz CT molecular complexity index is 949. The molecule has 2 aliphatic rings. The molecule has 1 saturated carbocycles. The van der Waals surface area contributed by atoms with Gasteiger partial charge in [-0.1, -0.05) is 34.1 Å². The fourth-order valence-corrected chi connectivity index (χ4v) is 5.79. The molecule has 2 unspecified atom stereocenters. The van der Waals surface area contributed by atoms with Crippen LogP contribution >= 0.6 is 11.5 Å². The number of nitrogens with zero attached hydrogens (tertiary/aromatic N) is 3. The molecule has 0 N–H and O–H groups in total. The SMILES string of the molecule is CCCCc1cn(C(C)(C)C)sc1=NC(=O)C1(C)CCC(C(=O)N2CC(F)(F)C2)C1(C)C. The lowest BCUT2D eigenvalue weighted by molar-refractivity contribution is -0.173. The quantitative estimate of drug-likeness (QED) is 0.610. The molecule has 1 aromatic rings. The van der Waals surface area contributed by atoms with Crippen molar-refractivity contribution in [1.29, 1.82) is 0 Å². The van der Waals surface area contributed by atoms with Crippen molar-refractivity contribution in [2.75, 3.05) is 13.1 Å². The number of aryl methyl sites for hydroxylation is 1. The first-order valence-corrected chi connectivity index (χ1v) is 12.4. The maximum Gasteiger partial charge on any atom is 0.282 e.